The number of carbonyl (C=O) groups excluding carboxylic acids is 1. The lowest BCUT2D eigenvalue weighted by Crippen LogP contribution is -2.21. The van der Waals surface area contributed by atoms with Crippen LogP contribution in [0.25, 0.3) is 0 Å². The van der Waals surface area contributed by atoms with Gasteiger partial charge in [-0.05, 0) is 62.4 Å². The van der Waals surface area contributed by atoms with Crippen LogP contribution in [0.4, 0.5) is 23.0 Å². The number of amides is 1. The highest BCUT2D eigenvalue weighted by Crippen LogP contribution is 2.19. The lowest BCUT2D eigenvalue weighted by Gasteiger charge is -2.21. The molecular formula is C21H22ClN5O. The fourth-order valence-corrected chi connectivity index (χ4v) is 2.85. The Labute approximate surface area is 169 Å². The lowest BCUT2D eigenvalue weighted by molar-refractivity contribution is 0.102. The number of nitrogens with one attached hydrogen (secondary N) is 2. The number of hydrogen-bond donors (Lipinski definition) is 2. The lowest BCUT2D eigenvalue weighted by atomic mass is 10.2. The van der Waals surface area contributed by atoms with Crippen molar-refractivity contribution in [2.45, 2.75) is 13.8 Å². The van der Waals surface area contributed by atoms with Crippen LogP contribution < -0.4 is 15.5 Å². The van der Waals surface area contributed by atoms with Crippen molar-refractivity contribution in [3.8, 4) is 0 Å². The van der Waals surface area contributed by atoms with E-state index in [1.165, 1.54) is 12.4 Å². The molecule has 2 aromatic carbocycles. The van der Waals surface area contributed by atoms with Gasteiger partial charge in [0.05, 0.1) is 5.56 Å². The summed E-state index contributed by atoms with van der Waals surface area (Å²) in [6, 6.07) is 15.0. The zero-order valence-electron chi connectivity index (χ0n) is 15.8. The van der Waals surface area contributed by atoms with Crippen molar-refractivity contribution < 1.29 is 4.79 Å². The summed E-state index contributed by atoms with van der Waals surface area (Å²) in [4.78, 5) is 23.0. The van der Waals surface area contributed by atoms with E-state index in [9.17, 15) is 4.79 Å². The number of halogens is 1. The second-order valence-electron chi connectivity index (χ2n) is 6.10. The molecule has 144 valence electrons. The summed E-state index contributed by atoms with van der Waals surface area (Å²) >= 11 is 5.87. The third-order valence-electron chi connectivity index (χ3n) is 4.27. The fourth-order valence-electron chi connectivity index (χ4n) is 2.72. The molecule has 0 aliphatic heterocycles. The number of anilines is 4. The second-order valence-corrected chi connectivity index (χ2v) is 6.54. The molecule has 28 heavy (non-hydrogen) atoms. The summed E-state index contributed by atoms with van der Waals surface area (Å²) in [5, 5.41) is 6.58. The van der Waals surface area contributed by atoms with E-state index in [4.69, 9.17) is 11.6 Å². The monoisotopic (exact) mass is 395 g/mol. The molecule has 0 saturated heterocycles. The number of rotatable bonds is 7. The van der Waals surface area contributed by atoms with Gasteiger partial charge in [-0.3, -0.25) is 4.79 Å². The Hall–Kier alpha value is -3.12. The van der Waals surface area contributed by atoms with Crippen molar-refractivity contribution in [1.82, 2.24) is 9.97 Å². The summed E-state index contributed by atoms with van der Waals surface area (Å²) in [7, 11) is 0. The highest BCUT2D eigenvalue weighted by molar-refractivity contribution is 6.30. The van der Waals surface area contributed by atoms with Gasteiger partial charge < -0.3 is 15.5 Å². The molecule has 3 aromatic rings. The van der Waals surface area contributed by atoms with E-state index in [-0.39, 0.29) is 5.91 Å². The van der Waals surface area contributed by atoms with Crippen molar-refractivity contribution in [1.29, 1.82) is 0 Å². The van der Waals surface area contributed by atoms with Gasteiger partial charge in [0.25, 0.3) is 5.91 Å². The fraction of sp³-hybridized carbons (Fsp3) is 0.190. The predicted octanol–water partition coefficient (Wildman–Crippen LogP) is 4.97. The summed E-state index contributed by atoms with van der Waals surface area (Å²) < 4.78 is 0. The van der Waals surface area contributed by atoms with Crippen LogP contribution in [0.1, 0.15) is 24.2 Å². The van der Waals surface area contributed by atoms with E-state index in [2.05, 4.69) is 39.3 Å². The molecule has 1 amide bonds. The van der Waals surface area contributed by atoms with Crippen molar-refractivity contribution in [3.05, 3.63) is 71.5 Å². The molecule has 0 aliphatic carbocycles. The summed E-state index contributed by atoms with van der Waals surface area (Å²) in [6.07, 6.45) is 2.98. The molecule has 0 saturated carbocycles. The summed E-state index contributed by atoms with van der Waals surface area (Å²) in [6.45, 7) is 6.11. The quantitative estimate of drug-likeness (QED) is 0.590. The first-order chi connectivity index (χ1) is 13.6. The smallest absolute Gasteiger partial charge is 0.258 e. The van der Waals surface area contributed by atoms with E-state index >= 15 is 0 Å². The normalized spacial score (nSPS) is 10.4. The molecule has 0 unspecified atom stereocenters. The van der Waals surface area contributed by atoms with Gasteiger partial charge in [0, 0.05) is 47.6 Å². The molecule has 3 rings (SSSR count). The minimum Gasteiger partial charge on any atom is -0.372 e. The minimum absolute atomic E-state index is 0.256. The Bertz CT molecular complexity index is 907. The number of hydrogen-bond acceptors (Lipinski definition) is 5. The topological polar surface area (TPSA) is 70.2 Å². The van der Waals surface area contributed by atoms with E-state index in [1.54, 1.807) is 12.1 Å². The van der Waals surface area contributed by atoms with Crippen molar-refractivity contribution in [3.63, 3.8) is 0 Å². The summed E-state index contributed by atoms with van der Waals surface area (Å²) in [5.41, 5.74) is 3.05. The zero-order valence-corrected chi connectivity index (χ0v) is 16.6. The Morgan fingerprint density at radius 2 is 1.50 bits per heavy atom. The van der Waals surface area contributed by atoms with E-state index in [1.807, 2.05) is 36.4 Å². The Kier molecular flexibility index (Phi) is 6.45. The Morgan fingerprint density at radius 3 is 2.07 bits per heavy atom. The number of aromatic nitrogens is 2. The van der Waals surface area contributed by atoms with Gasteiger partial charge in [0.1, 0.15) is 0 Å². The molecule has 0 aliphatic rings. The van der Waals surface area contributed by atoms with Crippen LogP contribution in [0.2, 0.25) is 5.02 Å². The van der Waals surface area contributed by atoms with E-state index in [0.717, 1.165) is 30.2 Å². The highest BCUT2D eigenvalue weighted by atomic mass is 35.5. The van der Waals surface area contributed by atoms with Crippen LogP contribution in [0, 0.1) is 0 Å². The summed E-state index contributed by atoms with van der Waals surface area (Å²) in [5.74, 6) is 0.149. The van der Waals surface area contributed by atoms with Crippen LogP contribution in [0.15, 0.2) is 60.9 Å². The van der Waals surface area contributed by atoms with Crippen LogP contribution >= 0.6 is 11.6 Å². The van der Waals surface area contributed by atoms with Crippen molar-refractivity contribution in [2.75, 3.05) is 28.6 Å². The Morgan fingerprint density at radius 1 is 0.929 bits per heavy atom. The first-order valence-corrected chi connectivity index (χ1v) is 9.48. The SMILES string of the molecule is CCN(CC)c1ccc(NC(=O)c2cnc(Nc3ccc(Cl)cc3)nc2)cc1. The average Bonchev–Trinajstić information content (AvgIpc) is 2.72. The maximum absolute atomic E-state index is 12.4. The van der Waals surface area contributed by atoms with Gasteiger partial charge in [-0.2, -0.15) is 0 Å². The molecule has 0 radical (unpaired) electrons. The van der Waals surface area contributed by atoms with E-state index < -0.39 is 0 Å². The third-order valence-corrected chi connectivity index (χ3v) is 4.52. The molecule has 7 heteroatoms. The molecule has 1 aromatic heterocycles. The molecule has 0 atom stereocenters. The van der Waals surface area contributed by atoms with Gasteiger partial charge >= 0.3 is 0 Å². The highest BCUT2D eigenvalue weighted by Gasteiger charge is 2.09. The number of carbonyl (C=O) groups is 1. The molecule has 0 bridgehead atoms. The van der Waals surface area contributed by atoms with Crippen LogP contribution in [0.5, 0.6) is 0 Å². The minimum atomic E-state index is -0.256. The molecular weight excluding hydrogens is 374 g/mol. The van der Waals surface area contributed by atoms with E-state index in [0.29, 0.717) is 16.5 Å². The molecule has 2 N–H and O–H groups in total. The van der Waals surface area contributed by atoms with Gasteiger partial charge in [-0.1, -0.05) is 11.6 Å². The van der Waals surface area contributed by atoms with Gasteiger partial charge in [0.15, 0.2) is 0 Å². The van der Waals surface area contributed by atoms with Gasteiger partial charge in [0.2, 0.25) is 5.95 Å². The first kappa shape index (κ1) is 19.6. The van der Waals surface area contributed by atoms with Crippen LogP contribution in [-0.4, -0.2) is 29.0 Å². The maximum atomic E-state index is 12.4. The molecule has 0 spiro atoms. The van der Waals surface area contributed by atoms with Crippen LogP contribution in [-0.2, 0) is 0 Å². The molecule has 0 fully saturated rings. The van der Waals surface area contributed by atoms with Crippen LogP contribution in [0.3, 0.4) is 0 Å². The zero-order chi connectivity index (χ0) is 19.9. The van der Waals surface area contributed by atoms with Crippen molar-refractivity contribution in [2.24, 2.45) is 0 Å². The maximum Gasteiger partial charge on any atom is 0.258 e. The van der Waals surface area contributed by atoms with Gasteiger partial charge in [-0.25, -0.2) is 9.97 Å². The Balaban J connectivity index is 1.62. The van der Waals surface area contributed by atoms with Crippen molar-refractivity contribution >= 4 is 40.5 Å². The standard InChI is InChI=1S/C21H22ClN5O/c1-3-27(4-2)19-11-9-17(10-12-19)25-20(28)15-13-23-21(24-14-15)26-18-7-5-16(22)6-8-18/h5-14H,3-4H2,1-2H3,(H,25,28)(H,23,24,26). The molecule has 1 heterocycles. The number of benzene rings is 2. The number of nitrogens with zero attached hydrogens (tertiary/aromatic N) is 3. The average molecular weight is 396 g/mol. The second kappa shape index (κ2) is 9.19. The third kappa shape index (κ3) is 4.98. The first-order valence-electron chi connectivity index (χ1n) is 9.10. The van der Waals surface area contributed by atoms with Gasteiger partial charge in [-0.15, -0.1) is 0 Å². The predicted molar refractivity (Wildman–Crippen MR) is 115 cm³/mol. The molecule has 6 nitrogen and oxygen atoms in total. The largest absolute Gasteiger partial charge is 0.372 e.